The van der Waals surface area contributed by atoms with Crippen molar-refractivity contribution in [1.82, 2.24) is 15.1 Å². The summed E-state index contributed by atoms with van der Waals surface area (Å²) in [6.45, 7) is 4.53. The van der Waals surface area contributed by atoms with Crippen LogP contribution in [-0.4, -0.2) is 28.4 Å². The Labute approximate surface area is 179 Å². The minimum Gasteiger partial charge on any atom is -0.494 e. The zero-order valence-corrected chi connectivity index (χ0v) is 17.4. The molecule has 1 aromatic heterocycles. The van der Waals surface area contributed by atoms with Gasteiger partial charge >= 0.3 is 0 Å². The number of nitrogens with one attached hydrogen (secondary N) is 1. The van der Waals surface area contributed by atoms with Crippen LogP contribution in [0.1, 0.15) is 25.8 Å². The minimum atomic E-state index is -0.800. The highest BCUT2D eigenvalue weighted by Gasteiger charge is 2.20. The number of nitrogens with zero attached hydrogens (tertiary/aromatic N) is 2. The van der Waals surface area contributed by atoms with Crippen LogP contribution >= 0.6 is 0 Å². The van der Waals surface area contributed by atoms with E-state index in [4.69, 9.17) is 9.47 Å². The third kappa shape index (κ3) is 5.69. The maximum atomic E-state index is 13.2. The number of rotatable bonds is 9. The second-order valence-corrected chi connectivity index (χ2v) is 6.67. The average molecular weight is 425 g/mol. The number of ether oxygens (including phenoxy) is 2. The Kier molecular flexibility index (Phi) is 7.37. The van der Waals surface area contributed by atoms with E-state index >= 15 is 0 Å². The maximum Gasteiger partial charge on any atom is 0.271 e. The lowest BCUT2D eigenvalue weighted by Gasteiger charge is -2.18. The standard InChI is InChI=1S/C23H24FN3O4/c1-3-19(23(29)25-15-16-7-5-6-8-20(16)30-4-2)31-21-13-14-22(28)27(26-21)18-11-9-17(24)10-12-18/h5-14,19H,3-4,15H2,1-2H3,(H,25,29)/t19-/m1/s1. The smallest absolute Gasteiger partial charge is 0.271 e. The van der Waals surface area contributed by atoms with Gasteiger partial charge in [-0.25, -0.2) is 4.39 Å². The summed E-state index contributed by atoms with van der Waals surface area (Å²) in [6.07, 6.45) is -0.401. The summed E-state index contributed by atoms with van der Waals surface area (Å²) < 4.78 is 25.6. The Bertz CT molecular complexity index is 1080. The van der Waals surface area contributed by atoms with Crippen molar-refractivity contribution in [2.45, 2.75) is 32.9 Å². The van der Waals surface area contributed by atoms with Gasteiger partial charge in [0.05, 0.1) is 12.3 Å². The Balaban J connectivity index is 1.71. The summed E-state index contributed by atoms with van der Waals surface area (Å²) in [5.41, 5.74) is 0.849. The van der Waals surface area contributed by atoms with Crippen molar-refractivity contribution >= 4 is 5.91 Å². The number of para-hydroxylation sites is 1. The molecule has 0 aliphatic heterocycles. The van der Waals surface area contributed by atoms with Crippen molar-refractivity contribution in [3.8, 4) is 17.3 Å². The number of benzene rings is 2. The van der Waals surface area contributed by atoms with Gasteiger partial charge in [0.15, 0.2) is 6.10 Å². The second-order valence-electron chi connectivity index (χ2n) is 6.67. The largest absolute Gasteiger partial charge is 0.494 e. The zero-order valence-electron chi connectivity index (χ0n) is 17.4. The van der Waals surface area contributed by atoms with Gasteiger partial charge in [0.1, 0.15) is 11.6 Å². The van der Waals surface area contributed by atoms with E-state index in [9.17, 15) is 14.0 Å². The molecular formula is C23H24FN3O4. The molecule has 1 N–H and O–H groups in total. The summed E-state index contributed by atoms with van der Waals surface area (Å²) in [5.74, 6) is 0.0981. The van der Waals surface area contributed by atoms with Crippen LogP contribution in [0.3, 0.4) is 0 Å². The van der Waals surface area contributed by atoms with Crippen LogP contribution in [0.25, 0.3) is 5.69 Å². The molecule has 2 aromatic carbocycles. The van der Waals surface area contributed by atoms with Crippen molar-refractivity contribution in [3.63, 3.8) is 0 Å². The number of hydrogen-bond donors (Lipinski definition) is 1. The summed E-state index contributed by atoms with van der Waals surface area (Å²) in [4.78, 5) is 24.8. The second kappa shape index (κ2) is 10.4. The molecule has 8 heteroatoms. The molecule has 31 heavy (non-hydrogen) atoms. The summed E-state index contributed by atoms with van der Waals surface area (Å²) >= 11 is 0. The number of hydrogen-bond acceptors (Lipinski definition) is 5. The van der Waals surface area contributed by atoms with Gasteiger partial charge in [-0.1, -0.05) is 25.1 Å². The van der Waals surface area contributed by atoms with Crippen LogP contribution in [0.2, 0.25) is 0 Å². The lowest BCUT2D eigenvalue weighted by atomic mass is 10.2. The topological polar surface area (TPSA) is 82.5 Å². The van der Waals surface area contributed by atoms with Gasteiger partial charge in [0.2, 0.25) is 5.88 Å². The molecule has 0 saturated heterocycles. The molecule has 3 aromatic rings. The summed E-state index contributed by atoms with van der Waals surface area (Å²) in [6, 6.07) is 15.5. The van der Waals surface area contributed by atoms with Crippen LogP contribution in [0, 0.1) is 5.82 Å². The Morgan fingerprint density at radius 3 is 2.55 bits per heavy atom. The summed E-state index contributed by atoms with van der Waals surface area (Å²) in [7, 11) is 0. The van der Waals surface area contributed by atoms with E-state index in [1.165, 1.54) is 36.4 Å². The fourth-order valence-electron chi connectivity index (χ4n) is 2.93. The van der Waals surface area contributed by atoms with Crippen LogP contribution in [0.5, 0.6) is 11.6 Å². The number of halogens is 1. The maximum absolute atomic E-state index is 13.2. The van der Waals surface area contributed by atoms with Gasteiger partial charge in [0.25, 0.3) is 11.5 Å². The van der Waals surface area contributed by atoms with Crippen molar-refractivity contribution in [3.05, 3.63) is 82.4 Å². The first-order valence-corrected chi connectivity index (χ1v) is 10.0. The number of aromatic nitrogens is 2. The molecule has 1 atom stereocenters. The van der Waals surface area contributed by atoms with E-state index in [1.54, 1.807) is 0 Å². The van der Waals surface area contributed by atoms with Crippen LogP contribution < -0.4 is 20.3 Å². The predicted octanol–water partition coefficient (Wildman–Crippen LogP) is 3.24. The number of amides is 1. The van der Waals surface area contributed by atoms with Gasteiger partial charge in [-0.3, -0.25) is 9.59 Å². The van der Waals surface area contributed by atoms with E-state index < -0.39 is 17.5 Å². The fourth-order valence-corrected chi connectivity index (χ4v) is 2.93. The normalized spacial score (nSPS) is 11.6. The van der Waals surface area contributed by atoms with E-state index in [-0.39, 0.29) is 18.3 Å². The highest BCUT2D eigenvalue weighted by Crippen LogP contribution is 2.18. The molecule has 0 aliphatic carbocycles. The molecule has 3 rings (SSSR count). The molecule has 0 fully saturated rings. The van der Waals surface area contributed by atoms with E-state index in [1.807, 2.05) is 38.1 Å². The van der Waals surface area contributed by atoms with Crippen molar-refractivity contribution in [2.75, 3.05) is 6.61 Å². The third-order valence-corrected chi connectivity index (χ3v) is 4.50. The van der Waals surface area contributed by atoms with E-state index in [0.717, 1.165) is 10.2 Å². The highest BCUT2D eigenvalue weighted by molar-refractivity contribution is 5.81. The molecule has 0 saturated carbocycles. The van der Waals surface area contributed by atoms with Crippen LogP contribution in [0.4, 0.5) is 4.39 Å². The first-order valence-electron chi connectivity index (χ1n) is 10.0. The molecule has 1 heterocycles. The molecule has 0 bridgehead atoms. The minimum absolute atomic E-state index is 0.112. The Hall–Kier alpha value is -3.68. The van der Waals surface area contributed by atoms with Gasteiger partial charge in [-0.05, 0) is 43.7 Å². The number of carbonyl (C=O) groups is 1. The molecule has 1 amide bonds. The van der Waals surface area contributed by atoms with E-state index in [0.29, 0.717) is 24.5 Å². The Morgan fingerprint density at radius 1 is 1.10 bits per heavy atom. The quantitative estimate of drug-likeness (QED) is 0.569. The van der Waals surface area contributed by atoms with Crippen LogP contribution in [-0.2, 0) is 11.3 Å². The van der Waals surface area contributed by atoms with Gasteiger partial charge in [-0.15, -0.1) is 5.10 Å². The predicted molar refractivity (Wildman–Crippen MR) is 114 cm³/mol. The lowest BCUT2D eigenvalue weighted by Crippen LogP contribution is -2.38. The Morgan fingerprint density at radius 2 is 1.84 bits per heavy atom. The molecular weight excluding hydrogens is 401 g/mol. The van der Waals surface area contributed by atoms with Crippen LogP contribution in [0.15, 0.2) is 65.5 Å². The van der Waals surface area contributed by atoms with E-state index in [2.05, 4.69) is 10.4 Å². The third-order valence-electron chi connectivity index (χ3n) is 4.50. The van der Waals surface area contributed by atoms with Gasteiger partial charge < -0.3 is 14.8 Å². The molecule has 0 unspecified atom stereocenters. The molecule has 0 radical (unpaired) electrons. The van der Waals surface area contributed by atoms with Crippen molar-refractivity contribution in [1.29, 1.82) is 0 Å². The highest BCUT2D eigenvalue weighted by atomic mass is 19.1. The van der Waals surface area contributed by atoms with Gasteiger partial charge in [-0.2, -0.15) is 4.68 Å². The zero-order chi connectivity index (χ0) is 22.2. The lowest BCUT2D eigenvalue weighted by molar-refractivity contribution is -0.128. The molecule has 7 nitrogen and oxygen atoms in total. The number of carbonyl (C=O) groups excluding carboxylic acids is 1. The molecule has 162 valence electrons. The van der Waals surface area contributed by atoms with Gasteiger partial charge in [0, 0.05) is 24.2 Å². The molecule has 0 aliphatic rings. The van der Waals surface area contributed by atoms with Crippen molar-refractivity contribution < 1.29 is 18.7 Å². The first kappa shape index (κ1) is 22.0. The molecule has 0 spiro atoms. The first-order chi connectivity index (χ1) is 15.0. The van der Waals surface area contributed by atoms with Crippen molar-refractivity contribution in [2.24, 2.45) is 0 Å². The average Bonchev–Trinajstić information content (AvgIpc) is 2.78. The SMILES string of the molecule is CCOc1ccccc1CNC(=O)[C@@H](CC)Oc1ccc(=O)n(-c2ccc(F)cc2)n1. The monoisotopic (exact) mass is 425 g/mol. The summed E-state index contributed by atoms with van der Waals surface area (Å²) in [5, 5.41) is 7.01. The fraction of sp³-hybridized carbons (Fsp3) is 0.261.